The number of nitrogens with zero attached hydrogens (tertiary/aromatic N) is 4. The van der Waals surface area contributed by atoms with E-state index >= 15 is 0 Å². The average Bonchev–Trinajstić information content (AvgIpc) is 3.03. The largest absolute Gasteiger partial charge is 0.393 e. The lowest BCUT2D eigenvalue weighted by Gasteiger charge is -2.33. The van der Waals surface area contributed by atoms with Crippen LogP contribution in [0, 0.1) is 5.92 Å². The van der Waals surface area contributed by atoms with Crippen LogP contribution in [0.2, 0.25) is 5.02 Å². The number of aromatic nitrogens is 3. The molecule has 8 heteroatoms. The number of rotatable bonds is 3. The quantitative estimate of drug-likeness (QED) is 0.892. The van der Waals surface area contributed by atoms with Crippen LogP contribution in [0.4, 0.5) is 10.6 Å². The first-order chi connectivity index (χ1) is 11.5. The minimum atomic E-state index is -0.411. The zero-order valence-corrected chi connectivity index (χ0v) is 14.1. The van der Waals surface area contributed by atoms with Crippen LogP contribution in [0.25, 0.3) is 5.82 Å². The van der Waals surface area contributed by atoms with Gasteiger partial charge in [-0.1, -0.05) is 11.6 Å². The second-order valence-corrected chi connectivity index (χ2v) is 6.38. The first kappa shape index (κ1) is 16.7. The van der Waals surface area contributed by atoms with Gasteiger partial charge in [-0.2, -0.15) is 0 Å². The maximum Gasteiger partial charge on any atom is 0.323 e. The summed E-state index contributed by atoms with van der Waals surface area (Å²) in [6.45, 7) is 3.00. The van der Waals surface area contributed by atoms with Gasteiger partial charge in [-0.05, 0) is 31.9 Å². The lowest BCUT2D eigenvalue weighted by atomic mass is 9.94. The highest BCUT2D eigenvalue weighted by molar-refractivity contribution is 6.32. The molecule has 3 heterocycles. The van der Waals surface area contributed by atoms with Gasteiger partial charge in [0, 0.05) is 37.5 Å². The minimum Gasteiger partial charge on any atom is -0.393 e. The van der Waals surface area contributed by atoms with E-state index in [9.17, 15) is 9.90 Å². The third kappa shape index (κ3) is 3.68. The molecular weight excluding hydrogens is 330 g/mol. The van der Waals surface area contributed by atoms with Gasteiger partial charge in [-0.25, -0.2) is 14.5 Å². The summed E-state index contributed by atoms with van der Waals surface area (Å²) in [7, 11) is 0. The van der Waals surface area contributed by atoms with Crippen LogP contribution in [-0.2, 0) is 0 Å². The predicted octanol–water partition coefficient (Wildman–Crippen LogP) is 2.55. The average molecular weight is 350 g/mol. The number of pyridine rings is 1. The number of carbonyl (C=O) groups excluding carboxylic acids is 1. The lowest BCUT2D eigenvalue weighted by molar-refractivity contribution is 0.0766. The molecule has 2 amide bonds. The molecule has 24 heavy (non-hydrogen) atoms. The fraction of sp³-hybridized carbons (Fsp3) is 0.438. The Hall–Kier alpha value is -2.12. The van der Waals surface area contributed by atoms with E-state index in [1.165, 1.54) is 4.68 Å². The molecule has 128 valence electrons. The number of carbonyl (C=O) groups is 1. The summed E-state index contributed by atoms with van der Waals surface area (Å²) in [6.07, 6.45) is 4.74. The van der Waals surface area contributed by atoms with Crippen molar-refractivity contribution in [1.29, 1.82) is 0 Å². The van der Waals surface area contributed by atoms with Gasteiger partial charge >= 0.3 is 6.03 Å². The molecule has 2 aromatic heterocycles. The van der Waals surface area contributed by atoms with Crippen molar-refractivity contribution in [3.05, 3.63) is 35.6 Å². The number of amides is 2. The van der Waals surface area contributed by atoms with Gasteiger partial charge in [0.1, 0.15) is 0 Å². The topological polar surface area (TPSA) is 83.3 Å². The van der Waals surface area contributed by atoms with Gasteiger partial charge in [-0.15, -0.1) is 5.10 Å². The van der Waals surface area contributed by atoms with Crippen molar-refractivity contribution in [1.82, 2.24) is 19.7 Å². The number of halogens is 1. The van der Waals surface area contributed by atoms with Crippen LogP contribution in [0.3, 0.4) is 0 Å². The first-order valence-electron chi connectivity index (χ1n) is 7.95. The molecule has 3 rings (SSSR count). The highest BCUT2D eigenvalue weighted by Gasteiger charge is 2.26. The molecule has 2 aromatic rings. The molecule has 2 N–H and O–H groups in total. The van der Waals surface area contributed by atoms with Crippen LogP contribution < -0.4 is 5.32 Å². The van der Waals surface area contributed by atoms with E-state index in [0.29, 0.717) is 29.7 Å². The Labute approximate surface area is 145 Å². The number of likely N-dealkylation sites (tertiary alicyclic amines) is 1. The summed E-state index contributed by atoms with van der Waals surface area (Å²) in [6, 6.07) is 4.96. The van der Waals surface area contributed by atoms with Crippen LogP contribution >= 0.6 is 11.6 Å². The number of aliphatic hydroxyl groups excluding tert-OH is 1. The van der Waals surface area contributed by atoms with Gasteiger partial charge in [0.15, 0.2) is 11.6 Å². The van der Waals surface area contributed by atoms with Crippen molar-refractivity contribution >= 4 is 23.4 Å². The van der Waals surface area contributed by atoms with Crippen LogP contribution in [0.1, 0.15) is 19.8 Å². The normalized spacial score (nSPS) is 19.1. The second kappa shape index (κ2) is 7.19. The number of anilines is 1. The molecule has 7 nitrogen and oxygen atoms in total. The molecule has 0 spiro atoms. The van der Waals surface area contributed by atoms with Crippen molar-refractivity contribution < 1.29 is 9.90 Å². The summed E-state index contributed by atoms with van der Waals surface area (Å²) < 4.78 is 1.52. The van der Waals surface area contributed by atoms with Gasteiger partial charge in [0.05, 0.1) is 11.1 Å². The minimum absolute atomic E-state index is 0.120. The third-order valence-corrected chi connectivity index (χ3v) is 4.50. The fourth-order valence-electron chi connectivity index (χ4n) is 2.83. The predicted molar refractivity (Wildman–Crippen MR) is 91.4 cm³/mol. The zero-order chi connectivity index (χ0) is 17.1. The van der Waals surface area contributed by atoms with Crippen LogP contribution in [0.15, 0.2) is 30.6 Å². The van der Waals surface area contributed by atoms with Crippen molar-refractivity contribution in [3.8, 4) is 5.82 Å². The number of urea groups is 1. The van der Waals surface area contributed by atoms with Crippen molar-refractivity contribution in [2.45, 2.75) is 25.9 Å². The zero-order valence-electron chi connectivity index (χ0n) is 13.4. The Morgan fingerprint density at radius 1 is 1.50 bits per heavy atom. The molecule has 0 bridgehead atoms. The maximum absolute atomic E-state index is 12.4. The van der Waals surface area contributed by atoms with Gasteiger partial charge in [0.2, 0.25) is 0 Å². The lowest BCUT2D eigenvalue weighted by Crippen LogP contribution is -2.44. The standard InChI is InChI=1S/C16H20ClN5O2/c1-11(23)12-4-3-8-21(10-12)16(24)19-14-6-9-22(20-14)15-13(17)5-2-7-18-15/h2,5-7,9,11-12,23H,3-4,8,10H2,1H3,(H,19,20,24). The van der Waals surface area contributed by atoms with E-state index in [0.717, 1.165) is 12.8 Å². The molecule has 0 saturated carbocycles. The Morgan fingerprint density at radius 2 is 2.33 bits per heavy atom. The Bertz CT molecular complexity index is 718. The Morgan fingerprint density at radius 3 is 3.08 bits per heavy atom. The molecule has 1 aliphatic heterocycles. The number of nitrogens with one attached hydrogen (secondary N) is 1. The van der Waals surface area contributed by atoms with E-state index in [1.807, 2.05) is 0 Å². The van der Waals surface area contributed by atoms with E-state index < -0.39 is 6.10 Å². The number of hydrogen-bond donors (Lipinski definition) is 2. The SMILES string of the molecule is CC(O)C1CCCN(C(=O)Nc2ccn(-c3ncccc3Cl)n2)C1. The monoisotopic (exact) mass is 349 g/mol. The van der Waals surface area contributed by atoms with E-state index in [4.69, 9.17) is 11.6 Å². The molecule has 2 unspecified atom stereocenters. The second-order valence-electron chi connectivity index (χ2n) is 5.97. The highest BCUT2D eigenvalue weighted by atomic mass is 35.5. The molecule has 0 radical (unpaired) electrons. The molecular formula is C16H20ClN5O2. The smallest absolute Gasteiger partial charge is 0.323 e. The number of hydrogen-bond acceptors (Lipinski definition) is 4. The summed E-state index contributed by atoms with van der Waals surface area (Å²) in [5.41, 5.74) is 0. The van der Waals surface area contributed by atoms with E-state index in [2.05, 4.69) is 15.4 Å². The van der Waals surface area contributed by atoms with E-state index in [1.54, 1.807) is 42.4 Å². The highest BCUT2D eigenvalue weighted by Crippen LogP contribution is 2.21. The number of piperidine rings is 1. The maximum atomic E-state index is 12.4. The van der Waals surface area contributed by atoms with Crippen molar-refractivity contribution in [2.75, 3.05) is 18.4 Å². The molecule has 1 aliphatic rings. The molecule has 0 aromatic carbocycles. The van der Waals surface area contributed by atoms with Crippen molar-refractivity contribution in [2.24, 2.45) is 5.92 Å². The Kier molecular flexibility index (Phi) is 5.01. The summed E-state index contributed by atoms with van der Waals surface area (Å²) in [5.74, 6) is 1.06. The number of aliphatic hydroxyl groups is 1. The van der Waals surface area contributed by atoms with Crippen molar-refractivity contribution in [3.63, 3.8) is 0 Å². The molecule has 1 saturated heterocycles. The summed E-state index contributed by atoms with van der Waals surface area (Å²) in [5, 5.41) is 17.3. The molecule has 2 atom stereocenters. The van der Waals surface area contributed by atoms with Gasteiger partial charge < -0.3 is 10.0 Å². The van der Waals surface area contributed by atoms with Gasteiger partial charge in [0.25, 0.3) is 0 Å². The van der Waals surface area contributed by atoms with E-state index in [-0.39, 0.29) is 11.9 Å². The van der Waals surface area contributed by atoms with Crippen LogP contribution in [-0.4, -0.2) is 50.0 Å². The summed E-state index contributed by atoms with van der Waals surface area (Å²) in [4.78, 5) is 18.3. The first-order valence-corrected chi connectivity index (χ1v) is 8.33. The summed E-state index contributed by atoms with van der Waals surface area (Å²) >= 11 is 6.10. The molecule has 1 fully saturated rings. The fourth-order valence-corrected chi connectivity index (χ4v) is 3.04. The van der Waals surface area contributed by atoms with Crippen LogP contribution in [0.5, 0.6) is 0 Å². The molecule has 0 aliphatic carbocycles. The van der Waals surface area contributed by atoms with Gasteiger partial charge in [-0.3, -0.25) is 5.32 Å². The third-order valence-electron chi connectivity index (χ3n) is 4.21. The Balaban J connectivity index is 1.66.